The van der Waals surface area contributed by atoms with Crippen molar-refractivity contribution in [1.29, 1.82) is 0 Å². The van der Waals surface area contributed by atoms with Gasteiger partial charge in [0.1, 0.15) is 5.75 Å². The van der Waals surface area contributed by atoms with Gasteiger partial charge < -0.3 is 10.5 Å². The lowest BCUT2D eigenvalue weighted by molar-refractivity contribution is -0.120. The third-order valence-electron chi connectivity index (χ3n) is 1.75. The Hall–Kier alpha value is -2.04. The number of aromatic nitrogens is 2. The number of ether oxygens (including phenoxy) is 1. The van der Waals surface area contributed by atoms with E-state index in [0.29, 0.717) is 18.0 Å². The molecule has 2 rings (SSSR count). The maximum atomic E-state index is 10.1. The van der Waals surface area contributed by atoms with Gasteiger partial charge in [-0.15, -0.1) is 0 Å². The van der Waals surface area contributed by atoms with Crippen LogP contribution in [0.25, 0.3) is 10.9 Å². The topological polar surface area (TPSA) is 81.0 Å². The molecule has 66 valence electrons. The summed E-state index contributed by atoms with van der Waals surface area (Å²) >= 11 is 0. The summed E-state index contributed by atoms with van der Waals surface area (Å²) in [6, 6.07) is 5.06. The summed E-state index contributed by atoms with van der Waals surface area (Å²) in [5.41, 5.74) is 6.37. The van der Waals surface area contributed by atoms with E-state index in [4.69, 9.17) is 5.73 Å². The molecule has 0 aliphatic carbocycles. The molecule has 3 N–H and O–H groups in total. The highest BCUT2D eigenvalue weighted by Crippen LogP contribution is 2.22. The first-order valence-electron chi connectivity index (χ1n) is 3.65. The number of nitrogens with two attached hydrogens (primary N) is 1. The summed E-state index contributed by atoms with van der Waals surface area (Å²) in [5, 5.41) is 7.29. The lowest BCUT2D eigenvalue weighted by atomic mass is 10.2. The fourth-order valence-corrected chi connectivity index (χ4v) is 1.14. The van der Waals surface area contributed by atoms with Crippen molar-refractivity contribution >= 4 is 23.2 Å². The first kappa shape index (κ1) is 7.60. The normalized spacial score (nSPS) is 10.2. The van der Waals surface area contributed by atoms with E-state index in [9.17, 15) is 4.79 Å². The van der Waals surface area contributed by atoms with E-state index in [2.05, 4.69) is 14.9 Å². The molecule has 13 heavy (non-hydrogen) atoms. The van der Waals surface area contributed by atoms with E-state index in [1.54, 1.807) is 18.2 Å². The van der Waals surface area contributed by atoms with Crippen LogP contribution in [0.5, 0.6) is 5.75 Å². The van der Waals surface area contributed by atoms with Crippen molar-refractivity contribution in [3.63, 3.8) is 0 Å². The van der Waals surface area contributed by atoms with Gasteiger partial charge >= 0.3 is 0 Å². The van der Waals surface area contributed by atoms with Crippen LogP contribution in [0, 0.1) is 0 Å². The Balaban J connectivity index is 2.58. The Labute approximate surface area is 73.5 Å². The number of hydrogen-bond donors (Lipinski definition) is 2. The number of carbonyl (C=O) groups is 1. The van der Waals surface area contributed by atoms with E-state index < -0.39 is 0 Å². The van der Waals surface area contributed by atoms with Crippen LogP contribution in [0.1, 0.15) is 0 Å². The number of nitrogen functional groups attached to an aromatic ring is 1. The average molecular weight is 177 g/mol. The highest BCUT2D eigenvalue weighted by Gasteiger charge is 2.02. The fraction of sp³-hybridized carbons (Fsp3) is 0. The number of hydrogen-bond acceptors (Lipinski definition) is 4. The van der Waals surface area contributed by atoms with Gasteiger partial charge in [-0.1, -0.05) is 0 Å². The summed E-state index contributed by atoms with van der Waals surface area (Å²) in [6.45, 7) is 0.372. The van der Waals surface area contributed by atoms with Gasteiger partial charge in [0.25, 0.3) is 6.47 Å². The molecule has 1 aromatic carbocycles. The van der Waals surface area contributed by atoms with Crippen LogP contribution in [0.3, 0.4) is 0 Å². The number of fused-ring (bicyclic) bond motifs is 1. The summed E-state index contributed by atoms with van der Waals surface area (Å²) in [7, 11) is 0. The first-order chi connectivity index (χ1) is 6.31. The SMILES string of the molecule is Nc1n[nH]c2ccc(OC=O)cc12. The Kier molecular flexibility index (Phi) is 1.63. The Morgan fingerprint density at radius 2 is 2.38 bits per heavy atom. The number of nitrogens with zero attached hydrogens (tertiary/aromatic N) is 1. The van der Waals surface area contributed by atoms with E-state index in [1.807, 2.05) is 0 Å². The molecule has 5 heteroatoms. The number of H-pyrrole nitrogens is 1. The number of benzene rings is 1. The van der Waals surface area contributed by atoms with E-state index in [1.165, 1.54) is 0 Å². The summed E-state index contributed by atoms with van der Waals surface area (Å²) in [6.07, 6.45) is 0. The molecule has 1 aromatic heterocycles. The maximum Gasteiger partial charge on any atom is 0.298 e. The minimum absolute atomic E-state index is 0.372. The molecule has 0 saturated heterocycles. The lowest BCUT2D eigenvalue weighted by Crippen LogP contribution is -1.88. The van der Waals surface area contributed by atoms with Crippen molar-refractivity contribution in [3.05, 3.63) is 18.2 Å². The molecule has 5 nitrogen and oxygen atoms in total. The van der Waals surface area contributed by atoms with Crippen LogP contribution >= 0.6 is 0 Å². The molecule has 0 aliphatic heterocycles. The zero-order chi connectivity index (χ0) is 9.26. The Morgan fingerprint density at radius 1 is 1.54 bits per heavy atom. The first-order valence-corrected chi connectivity index (χ1v) is 3.65. The zero-order valence-electron chi connectivity index (χ0n) is 6.65. The van der Waals surface area contributed by atoms with Gasteiger partial charge in [0.05, 0.1) is 5.52 Å². The second-order valence-electron chi connectivity index (χ2n) is 2.53. The second kappa shape index (κ2) is 2.78. The van der Waals surface area contributed by atoms with Gasteiger partial charge in [-0.05, 0) is 18.2 Å². The number of aromatic amines is 1. The standard InChI is InChI=1S/C8H7N3O2/c9-8-6-3-5(13-4-12)1-2-7(6)10-11-8/h1-4H,(H3,9,10,11). The minimum atomic E-state index is 0.372. The number of anilines is 1. The third kappa shape index (κ3) is 1.20. The van der Waals surface area contributed by atoms with Crippen molar-refractivity contribution < 1.29 is 9.53 Å². The minimum Gasteiger partial charge on any atom is -0.429 e. The number of rotatable bonds is 2. The predicted octanol–water partition coefficient (Wildman–Crippen LogP) is 0.680. The molecule has 0 atom stereocenters. The molecule has 0 bridgehead atoms. The summed E-state index contributed by atoms with van der Waals surface area (Å²) in [4.78, 5) is 10.1. The summed E-state index contributed by atoms with van der Waals surface area (Å²) in [5.74, 6) is 0.849. The van der Waals surface area contributed by atoms with Crippen molar-refractivity contribution in [3.8, 4) is 5.75 Å². The molecule has 0 aliphatic rings. The second-order valence-corrected chi connectivity index (χ2v) is 2.53. The highest BCUT2D eigenvalue weighted by molar-refractivity contribution is 5.89. The van der Waals surface area contributed by atoms with Crippen molar-refractivity contribution in [2.24, 2.45) is 0 Å². The van der Waals surface area contributed by atoms with Gasteiger partial charge in [0.15, 0.2) is 5.82 Å². The Morgan fingerprint density at radius 3 is 3.15 bits per heavy atom. The molecule has 0 spiro atoms. The predicted molar refractivity (Wildman–Crippen MR) is 47.2 cm³/mol. The quantitative estimate of drug-likeness (QED) is 0.661. The van der Waals surface area contributed by atoms with Gasteiger partial charge in [-0.3, -0.25) is 9.89 Å². The monoisotopic (exact) mass is 177 g/mol. The van der Waals surface area contributed by atoms with Gasteiger partial charge in [0.2, 0.25) is 0 Å². The van der Waals surface area contributed by atoms with Crippen LogP contribution in [-0.4, -0.2) is 16.7 Å². The fourth-order valence-electron chi connectivity index (χ4n) is 1.14. The van der Waals surface area contributed by atoms with Crippen molar-refractivity contribution in [2.45, 2.75) is 0 Å². The van der Waals surface area contributed by atoms with Crippen LogP contribution < -0.4 is 10.5 Å². The molecule has 2 aromatic rings. The largest absolute Gasteiger partial charge is 0.429 e. The van der Waals surface area contributed by atoms with Crippen molar-refractivity contribution in [2.75, 3.05) is 5.73 Å². The molecule has 0 unspecified atom stereocenters. The highest BCUT2D eigenvalue weighted by atomic mass is 16.5. The molecule has 0 amide bonds. The maximum absolute atomic E-state index is 10.1. The average Bonchev–Trinajstić information content (AvgIpc) is 2.49. The zero-order valence-corrected chi connectivity index (χ0v) is 6.65. The van der Waals surface area contributed by atoms with Crippen molar-refractivity contribution in [1.82, 2.24) is 10.2 Å². The smallest absolute Gasteiger partial charge is 0.298 e. The van der Waals surface area contributed by atoms with E-state index in [-0.39, 0.29) is 0 Å². The van der Waals surface area contributed by atoms with E-state index in [0.717, 1.165) is 10.9 Å². The molecule has 0 fully saturated rings. The third-order valence-corrected chi connectivity index (χ3v) is 1.75. The van der Waals surface area contributed by atoms with E-state index >= 15 is 0 Å². The molecular weight excluding hydrogens is 170 g/mol. The van der Waals surface area contributed by atoms with Gasteiger partial charge in [-0.25, -0.2) is 0 Å². The molecule has 0 saturated carbocycles. The summed E-state index contributed by atoms with van der Waals surface area (Å²) < 4.78 is 4.66. The molecular formula is C8H7N3O2. The van der Waals surface area contributed by atoms with Crippen LogP contribution in [-0.2, 0) is 4.79 Å². The van der Waals surface area contributed by atoms with Gasteiger partial charge in [-0.2, -0.15) is 5.10 Å². The van der Waals surface area contributed by atoms with Crippen LogP contribution in [0.4, 0.5) is 5.82 Å². The lowest BCUT2D eigenvalue weighted by Gasteiger charge is -1.96. The van der Waals surface area contributed by atoms with Crippen LogP contribution in [0.2, 0.25) is 0 Å². The Bertz CT molecular complexity index is 450. The van der Waals surface area contributed by atoms with Gasteiger partial charge in [0, 0.05) is 5.39 Å². The molecule has 0 radical (unpaired) electrons. The number of nitrogens with one attached hydrogen (secondary N) is 1. The molecule has 1 heterocycles. The number of carbonyl (C=O) groups excluding carboxylic acids is 1. The van der Waals surface area contributed by atoms with Crippen LogP contribution in [0.15, 0.2) is 18.2 Å².